The second-order valence-corrected chi connectivity index (χ2v) is 10.4. The number of hydrogen-bond donors (Lipinski definition) is 3. The number of benzene rings is 3. The van der Waals surface area contributed by atoms with Crippen molar-refractivity contribution in [1.82, 2.24) is 5.32 Å². The van der Waals surface area contributed by atoms with Crippen LogP contribution >= 0.6 is 0 Å². The molecule has 1 unspecified atom stereocenters. The van der Waals surface area contributed by atoms with Crippen molar-refractivity contribution in [2.75, 3.05) is 46.7 Å². The summed E-state index contributed by atoms with van der Waals surface area (Å²) in [5.74, 6) is 0.587. The molecule has 1 fully saturated rings. The number of rotatable bonds is 8. The van der Waals surface area contributed by atoms with Crippen LogP contribution in [0.15, 0.2) is 60.7 Å². The van der Waals surface area contributed by atoms with Crippen LogP contribution in [-0.4, -0.2) is 38.1 Å². The summed E-state index contributed by atoms with van der Waals surface area (Å²) in [6.07, 6.45) is 4.56. The topological polar surface area (TPSA) is 85.9 Å². The minimum absolute atomic E-state index is 0.00610. The number of amides is 2. The highest BCUT2D eigenvalue weighted by Gasteiger charge is 2.31. The van der Waals surface area contributed by atoms with Crippen molar-refractivity contribution >= 4 is 34.6 Å². The molecule has 1 atom stereocenters. The zero-order chi connectivity index (χ0) is 26.8. The Hall–Kier alpha value is -4.20. The van der Waals surface area contributed by atoms with Gasteiger partial charge in [-0.25, -0.2) is 0 Å². The highest BCUT2D eigenvalue weighted by molar-refractivity contribution is 6.10. The van der Waals surface area contributed by atoms with Crippen molar-refractivity contribution in [1.29, 1.82) is 0 Å². The Balaban J connectivity index is 1.10. The van der Waals surface area contributed by atoms with Gasteiger partial charge in [0, 0.05) is 36.6 Å². The fourth-order valence-corrected chi connectivity index (χ4v) is 5.54. The van der Waals surface area contributed by atoms with Crippen molar-refractivity contribution < 1.29 is 14.3 Å². The number of ether oxygens (including phenoxy) is 1. The Bertz CT molecular complexity index is 1370. The molecule has 3 aromatic rings. The summed E-state index contributed by atoms with van der Waals surface area (Å²) in [5.41, 5.74) is 7.00. The Kier molecular flexibility index (Phi) is 7.00. The van der Waals surface area contributed by atoms with Gasteiger partial charge in [0.2, 0.25) is 0 Å². The highest BCUT2D eigenvalue weighted by Crippen LogP contribution is 2.40. The third-order valence-electron chi connectivity index (χ3n) is 7.68. The average Bonchev–Trinajstić information content (AvgIpc) is 3.56. The average molecular weight is 526 g/mol. The molecule has 8 nitrogen and oxygen atoms in total. The number of nitrogens with one attached hydrogen (secondary N) is 3. The van der Waals surface area contributed by atoms with Crippen molar-refractivity contribution in [2.45, 2.75) is 45.3 Å². The molecule has 3 N–H and O–H groups in total. The summed E-state index contributed by atoms with van der Waals surface area (Å²) >= 11 is 0. The van der Waals surface area contributed by atoms with E-state index in [0.717, 1.165) is 53.3 Å². The molecular formula is C31H35N5O3. The smallest absolute Gasteiger partial charge is 0.258 e. The molecular weight excluding hydrogens is 490 g/mol. The molecule has 0 aliphatic carbocycles. The maximum absolute atomic E-state index is 13.3. The number of hydrogen-bond acceptors (Lipinski definition) is 6. The first kappa shape index (κ1) is 25.1. The summed E-state index contributed by atoms with van der Waals surface area (Å²) in [5, 5.41) is 9.85. The van der Waals surface area contributed by atoms with Crippen LogP contribution in [-0.2, 0) is 11.3 Å². The van der Waals surface area contributed by atoms with Gasteiger partial charge in [-0.3, -0.25) is 9.59 Å². The van der Waals surface area contributed by atoms with Crippen LogP contribution in [0.3, 0.4) is 0 Å². The van der Waals surface area contributed by atoms with E-state index in [1.165, 1.54) is 24.9 Å². The van der Waals surface area contributed by atoms with Gasteiger partial charge in [-0.05, 0) is 85.3 Å². The zero-order valence-corrected chi connectivity index (χ0v) is 22.3. The molecule has 1 saturated heterocycles. The molecule has 3 aromatic carbocycles. The van der Waals surface area contributed by atoms with Gasteiger partial charge in [0.05, 0.1) is 17.9 Å². The van der Waals surface area contributed by atoms with E-state index in [-0.39, 0.29) is 24.6 Å². The Labute approximate surface area is 229 Å². The molecule has 6 rings (SSSR count). The van der Waals surface area contributed by atoms with Gasteiger partial charge in [0.1, 0.15) is 11.9 Å². The van der Waals surface area contributed by atoms with E-state index in [2.05, 4.69) is 33.0 Å². The molecule has 39 heavy (non-hydrogen) atoms. The molecule has 0 saturated carbocycles. The SMILES string of the molecule is CCCNC(=O)COc1ccc(C2Nc3ccc(N4Cc5cc(N6CCCCC6)ccc5C4=O)cc3N2)cc1. The normalized spacial score (nSPS) is 17.8. The summed E-state index contributed by atoms with van der Waals surface area (Å²) in [7, 11) is 0. The lowest BCUT2D eigenvalue weighted by atomic mass is 10.1. The first-order valence-electron chi connectivity index (χ1n) is 14.0. The van der Waals surface area contributed by atoms with Gasteiger partial charge in [-0.15, -0.1) is 0 Å². The van der Waals surface area contributed by atoms with E-state index < -0.39 is 0 Å². The molecule has 0 radical (unpaired) electrons. The predicted molar refractivity (Wildman–Crippen MR) is 155 cm³/mol. The van der Waals surface area contributed by atoms with Gasteiger partial charge >= 0.3 is 0 Å². The van der Waals surface area contributed by atoms with Crippen LogP contribution in [0.25, 0.3) is 0 Å². The van der Waals surface area contributed by atoms with E-state index in [1.54, 1.807) is 0 Å². The molecule has 0 spiro atoms. The Morgan fingerprint density at radius 2 is 1.72 bits per heavy atom. The number of carbonyl (C=O) groups is 2. The van der Waals surface area contributed by atoms with Gasteiger partial charge in [-0.2, -0.15) is 0 Å². The third-order valence-corrected chi connectivity index (χ3v) is 7.68. The van der Waals surface area contributed by atoms with Gasteiger partial charge in [0.15, 0.2) is 6.61 Å². The summed E-state index contributed by atoms with van der Waals surface area (Å²) in [6, 6.07) is 20.1. The third kappa shape index (κ3) is 5.24. The standard InChI is InChI=1S/C31H35N5O3/c1-2-14-32-29(37)20-39-25-10-6-21(7-11-25)30-33-27-13-9-24(18-28(27)34-30)36-19-22-17-23(8-12-26(22)31(36)38)35-15-4-3-5-16-35/h6-13,17-18,30,33-34H,2-5,14-16,19-20H2,1H3,(H,32,37). The molecule has 202 valence electrons. The van der Waals surface area contributed by atoms with E-state index >= 15 is 0 Å². The van der Waals surface area contributed by atoms with Crippen molar-refractivity contribution in [3.8, 4) is 5.75 Å². The first-order valence-corrected chi connectivity index (χ1v) is 14.0. The van der Waals surface area contributed by atoms with Gasteiger partial charge in [0.25, 0.3) is 11.8 Å². The fourth-order valence-electron chi connectivity index (χ4n) is 5.54. The minimum atomic E-state index is -0.117. The largest absolute Gasteiger partial charge is 0.484 e. The summed E-state index contributed by atoms with van der Waals surface area (Å²) in [4.78, 5) is 29.4. The molecule has 0 bridgehead atoms. The minimum Gasteiger partial charge on any atom is -0.484 e. The Morgan fingerprint density at radius 3 is 2.51 bits per heavy atom. The second kappa shape index (κ2) is 10.9. The molecule has 3 aliphatic rings. The Morgan fingerprint density at radius 1 is 0.949 bits per heavy atom. The lowest BCUT2D eigenvalue weighted by molar-refractivity contribution is -0.123. The number of anilines is 4. The molecule has 3 aliphatic heterocycles. The van der Waals surface area contributed by atoms with Crippen LogP contribution in [0, 0.1) is 0 Å². The van der Waals surface area contributed by atoms with Crippen LogP contribution in [0.4, 0.5) is 22.7 Å². The van der Waals surface area contributed by atoms with Gasteiger partial charge < -0.3 is 30.5 Å². The number of carbonyl (C=O) groups excluding carboxylic acids is 2. The van der Waals surface area contributed by atoms with Crippen LogP contribution in [0.2, 0.25) is 0 Å². The predicted octanol–water partition coefficient (Wildman–Crippen LogP) is 5.28. The summed E-state index contributed by atoms with van der Waals surface area (Å²) < 4.78 is 5.60. The maximum Gasteiger partial charge on any atom is 0.258 e. The van der Waals surface area contributed by atoms with E-state index in [4.69, 9.17) is 4.74 Å². The van der Waals surface area contributed by atoms with Crippen LogP contribution < -0.4 is 30.5 Å². The molecule has 0 aromatic heterocycles. The monoisotopic (exact) mass is 525 g/mol. The fraction of sp³-hybridized carbons (Fsp3) is 0.355. The van der Waals surface area contributed by atoms with Crippen LogP contribution in [0.1, 0.15) is 60.3 Å². The number of fused-ring (bicyclic) bond motifs is 2. The molecule has 3 heterocycles. The zero-order valence-electron chi connectivity index (χ0n) is 22.3. The first-order chi connectivity index (χ1) is 19.1. The van der Waals surface area contributed by atoms with Gasteiger partial charge in [-0.1, -0.05) is 19.1 Å². The van der Waals surface area contributed by atoms with Crippen molar-refractivity contribution in [2.24, 2.45) is 0 Å². The molecule has 8 heteroatoms. The summed E-state index contributed by atoms with van der Waals surface area (Å²) in [6.45, 7) is 5.44. The second-order valence-electron chi connectivity index (χ2n) is 10.4. The lowest BCUT2D eigenvalue weighted by Gasteiger charge is -2.29. The van der Waals surface area contributed by atoms with Crippen molar-refractivity contribution in [3.63, 3.8) is 0 Å². The highest BCUT2D eigenvalue weighted by atomic mass is 16.5. The lowest BCUT2D eigenvalue weighted by Crippen LogP contribution is -2.29. The number of piperidine rings is 1. The molecule has 2 amide bonds. The van der Waals surface area contributed by atoms with E-state index in [0.29, 0.717) is 18.8 Å². The van der Waals surface area contributed by atoms with E-state index in [1.807, 2.05) is 60.4 Å². The maximum atomic E-state index is 13.3. The van der Waals surface area contributed by atoms with E-state index in [9.17, 15) is 9.59 Å². The quantitative estimate of drug-likeness (QED) is 0.371. The van der Waals surface area contributed by atoms with Crippen LogP contribution in [0.5, 0.6) is 5.75 Å². The number of nitrogens with zero attached hydrogens (tertiary/aromatic N) is 2. The van der Waals surface area contributed by atoms with Crippen molar-refractivity contribution in [3.05, 3.63) is 77.4 Å².